The predicted molar refractivity (Wildman–Crippen MR) is 381 cm³/mol. The Morgan fingerprint density at radius 3 is 1.43 bits per heavy atom. The Labute approximate surface area is 532 Å². The minimum absolute atomic E-state index is 0.207. The lowest BCUT2D eigenvalue weighted by molar-refractivity contribution is 0.486. The maximum atomic E-state index is 7.72. The fourth-order valence-electron chi connectivity index (χ4n) is 15.0. The first-order valence-electron chi connectivity index (χ1n) is 31.3. The normalized spacial score (nSPS) is 14.1. The summed E-state index contributed by atoms with van der Waals surface area (Å²) < 4.78 is 15.0. The van der Waals surface area contributed by atoms with E-state index in [4.69, 9.17) is 9.47 Å². The number of benzene rings is 12. The summed E-state index contributed by atoms with van der Waals surface area (Å²) in [5.41, 5.74) is 24.7. The second-order valence-electron chi connectivity index (χ2n) is 24.5. The van der Waals surface area contributed by atoms with Crippen molar-refractivity contribution in [2.75, 3.05) is 24.5 Å². The van der Waals surface area contributed by atoms with Crippen LogP contribution in [0.25, 0.3) is 0 Å². The molecule has 0 saturated carbocycles. The highest BCUT2D eigenvalue weighted by Gasteiger charge is 2.49. The lowest BCUT2D eigenvalue weighted by Crippen LogP contribution is -2.64. The maximum absolute atomic E-state index is 7.72. The van der Waals surface area contributed by atoms with Crippen LogP contribution in [0.4, 0.5) is 79.6 Å². The molecule has 91 heavy (non-hydrogen) atoms. The first kappa shape index (κ1) is 53.8. The number of rotatable bonds is 11. The van der Waals surface area contributed by atoms with Crippen molar-refractivity contribution >= 4 is 126 Å². The summed E-state index contributed by atoms with van der Waals surface area (Å²) in [5.74, 6) is 3.29. The number of anilines is 14. The highest BCUT2D eigenvalue weighted by Crippen LogP contribution is 2.55. The van der Waals surface area contributed by atoms with E-state index in [0.717, 1.165) is 130 Å². The van der Waals surface area contributed by atoms with Crippen molar-refractivity contribution in [3.8, 4) is 23.0 Å². The first-order chi connectivity index (χ1) is 44.8. The van der Waals surface area contributed by atoms with Crippen molar-refractivity contribution in [2.24, 2.45) is 0 Å². The largest absolute Gasteiger partial charge is 0.458 e. The van der Waals surface area contributed by atoms with Crippen LogP contribution in [0.3, 0.4) is 0 Å². The van der Waals surface area contributed by atoms with Crippen LogP contribution in [0, 0.1) is 0 Å². The number of nitrogens with zero attached hydrogens (tertiary/aromatic N) is 5. The SMILES string of the molecule is C=C/C=C\C=C(/C)N(c1ccccc1)c1cc2c3c(c1)N(c1ccccc1)c1cc4c(cc1B3c1cc3c(cc1O2)N(c1ccccc1)c1ccccc1C3(C)C)B1c2ccccc2Oc2cc(N(c3ccccc3)c3ccccc3)cc(c21)N4c1ccccc1. The molecule has 0 N–H and O–H groups in total. The van der Waals surface area contributed by atoms with Gasteiger partial charge in [-0.15, -0.1) is 0 Å². The molecule has 0 bridgehead atoms. The number of allylic oxidation sites excluding steroid dienone is 5. The fraction of sp³-hybridized carbons (Fsp3) is 0.0488. The monoisotopic (exact) mass is 1170 g/mol. The quantitative estimate of drug-likeness (QED) is 0.0943. The van der Waals surface area contributed by atoms with Gasteiger partial charge in [0.05, 0.1) is 22.7 Å². The number of hydrogen-bond acceptors (Lipinski definition) is 7. The van der Waals surface area contributed by atoms with Crippen LogP contribution in [-0.4, -0.2) is 13.4 Å². The van der Waals surface area contributed by atoms with Gasteiger partial charge >= 0.3 is 0 Å². The van der Waals surface area contributed by atoms with Crippen molar-refractivity contribution in [1.29, 1.82) is 0 Å². The number of fused-ring (bicyclic) bond motifs is 10. The van der Waals surface area contributed by atoms with Gasteiger partial charge in [-0.1, -0.05) is 196 Å². The van der Waals surface area contributed by atoms with Crippen LogP contribution < -0.4 is 66.8 Å². The minimum atomic E-state index is -0.389. The Morgan fingerprint density at radius 1 is 0.374 bits per heavy atom. The average molecular weight is 1170 g/mol. The van der Waals surface area contributed by atoms with Crippen LogP contribution in [0.5, 0.6) is 23.0 Å². The van der Waals surface area contributed by atoms with E-state index in [1.807, 2.05) is 12.2 Å². The predicted octanol–water partition coefficient (Wildman–Crippen LogP) is 17.9. The second-order valence-corrected chi connectivity index (χ2v) is 24.5. The molecule has 12 aromatic carbocycles. The van der Waals surface area contributed by atoms with Gasteiger partial charge < -0.3 is 34.0 Å². The summed E-state index contributed by atoms with van der Waals surface area (Å²) in [5, 5.41) is 0. The molecule has 0 radical (unpaired) electrons. The van der Waals surface area contributed by atoms with Crippen molar-refractivity contribution in [1.82, 2.24) is 0 Å². The van der Waals surface area contributed by atoms with Gasteiger partial charge in [0.25, 0.3) is 13.4 Å². The Balaban J connectivity index is 0.977. The average Bonchev–Trinajstić information content (AvgIpc) is 0.706. The van der Waals surface area contributed by atoms with Crippen molar-refractivity contribution in [2.45, 2.75) is 26.2 Å². The van der Waals surface area contributed by atoms with E-state index in [-0.39, 0.29) is 18.8 Å². The van der Waals surface area contributed by atoms with E-state index in [0.29, 0.717) is 0 Å². The van der Waals surface area contributed by atoms with Crippen molar-refractivity contribution < 1.29 is 9.47 Å². The Morgan fingerprint density at radius 2 is 0.846 bits per heavy atom. The summed E-state index contributed by atoms with van der Waals surface area (Å²) in [4.78, 5) is 12.1. The Hall–Kier alpha value is -11.4. The molecule has 5 aliphatic heterocycles. The van der Waals surface area contributed by atoms with Crippen molar-refractivity contribution in [3.05, 3.63) is 327 Å². The molecule has 432 valence electrons. The van der Waals surface area contributed by atoms with Crippen LogP contribution in [-0.2, 0) is 5.41 Å². The maximum Gasteiger partial charge on any atom is 0.256 e. The molecule has 0 aromatic heterocycles. The van der Waals surface area contributed by atoms with Crippen LogP contribution in [0.2, 0.25) is 0 Å². The molecule has 0 fully saturated rings. The summed E-state index contributed by atoms with van der Waals surface area (Å²) in [6, 6.07) is 101. The molecule has 7 nitrogen and oxygen atoms in total. The van der Waals surface area contributed by atoms with Crippen LogP contribution in [0.1, 0.15) is 31.9 Å². The highest BCUT2D eigenvalue weighted by atomic mass is 16.5. The number of ether oxygens (including phenoxy) is 2. The molecule has 9 heteroatoms. The molecule has 0 atom stereocenters. The smallest absolute Gasteiger partial charge is 0.256 e. The third-order valence-corrected chi connectivity index (χ3v) is 18.9. The highest BCUT2D eigenvalue weighted by molar-refractivity contribution is 7.02. The standard InChI is InChI=1S/C82H61B2N5O2/c1-5-6-13-30-55(2)85(56-31-14-7-15-32-56)62-47-74-81-79(49-62)91-77-54-71-65(82(3,4)64-43-26-28-45-70(64)87(71)59-37-20-10-21-38-59)51-69(77)84(81)68-52-67-72(53-73(68)89(74)61-41-24-12-25-42-61)88(60-39-22-11-23-40-60)75-48-63(50-78-80(75)83(67)66-44-27-29-46-76(66)90-78)86(57-33-16-8-17-34-57)58-35-18-9-19-36-58/h5-54H,1H2,2-4H3/b13-6-,55-30+. The van der Waals surface area contributed by atoms with E-state index in [9.17, 15) is 0 Å². The van der Waals surface area contributed by atoms with Gasteiger partial charge in [0.2, 0.25) is 0 Å². The lowest BCUT2D eigenvalue weighted by Gasteiger charge is -2.46. The zero-order chi connectivity index (χ0) is 60.9. The molecule has 12 aromatic rings. The summed E-state index contributed by atoms with van der Waals surface area (Å²) in [7, 11) is 0. The van der Waals surface area contributed by atoms with Gasteiger partial charge in [-0.2, -0.15) is 0 Å². The Kier molecular flexibility index (Phi) is 12.7. The molecule has 17 rings (SSSR count). The van der Waals surface area contributed by atoms with Crippen LogP contribution >= 0.6 is 0 Å². The van der Waals surface area contributed by atoms with E-state index >= 15 is 0 Å². The minimum Gasteiger partial charge on any atom is -0.458 e. The van der Waals surface area contributed by atoms with Gasteiger partial charge in [0.15, 0.2) is 0 Å². The van der Waals surface area contributed by atoms with E-state index in [2.05, 4.69) is 343 Å². The van der Waals surface area contributed by atoms with Crippen molar-refractivity contribution in [3.63, 3.8) is 0 Å². The summed E-state index contributed by atoms with van der Waals surface area (Å²) in [6.45, 7) is 10.5. The van der Waals surface area contributed by atoms with Gasteiger partial charge in [-0.25, -0.2) is 0 Å². The molecular formula is C82H61B2N5O2. The third-order valence-electron chi connectivity index (χ3n) is 18.9. The lowest BCUT2D eigenvalue weighted by atomic mass is 9.30. The van der Waals surface area contributed by atoms with E-state index < -0.39 is 0 Å². The summed E-state index contributed by atoms with van der Waals surface area (Å²) in [6.07, 6.45) is 8.00. The molecule has 0 amide bonds. The molecule has 0 saturated heterocycles. The zero-order valence-corrected chi connectivity index (χ0v) is 50.8. The number of hydrogen-bond donors (Lipinski definition) is 0. The van der Waals surface area contributed by atoms with Gasteiger partial charge in [-0.05, 0) is 160 Å². The van der Waals surface area contributed by atoms with Crippen LogP contribution in [0.15, 0.2) is 316 Å². The fourth-order valence-corrected chi connectivity index (χ4v) is 15.0. The number of para-hydroxylation sites is 8. The summed E-state index contributed by atoms with van der Waals surface area (Å²) >= 11 is 0. The molecule has 0 aliphatic carbocycles. The van der Waals surface area contributed by atoms with Gasteiger partial charge in [-0.3, -0.25) is 0 Å². The molecule has 5 heterocycles. The van der Waals surface area contributed by atoms with Gasteiger partial charge in [0.1, 0.15) is 23.0 Å². The second kappa shape index (κ2) is 21.4. The first-order valence-corrected chi connectivity index (χ1v) is 31.3. The van der Waals surface area contributed by atoms with E-state index in [1.54, 1.807) is 0 Å². The zero-order valence-electron chi connectivity index (χ0n) is 50.8. The molecule has 0 spiro atoms. The molecule has 0 unspecified atom stereocenters. The topological polar surface area (TPSA) is 34.7 Å². The Bertz CT molecular complexity index is 4890. The molecular weight excluding hydrogens is 1110 g/mol. The molecule has 5 aliphatic rings. The van der Waals surface area contributed by atoms with Gasteiger partial charge in [0, 0.05) is 86.2 Å². The van der Waals surface area contributed by atoms with E-state index in [1.165, 1.54) is 22.1 Å². The third kappa shape index (κ3) is 8.60.